The van der Waals surface area contributed by atoms with Crippen molar-refractivity contribution < 1.29 is 19.4 Å². The first-order valence-corrected chi connectivity index (χ1v) is 13.0. The van der Waals surface area contributed by atoms with E-state index in [0.29, 0.717) is 30.0 Å². The molecule has 5 N–H and O–H groups in total. The number of fused-ring (bicyclic) bond motifs is 1. The predicted molar refractivity (Wildman–Crippen MR) is 149 cm³/mol. The van der Waals surface area contributed by atoms with Crippen LogP contribution in [0.15, 0.2) is 54.7 Å². The van der Waals surface area contributed by atoms with Crippen molar-refractivity contribution in [3.63, 3.8) is 0 Å². The predicted octanol–water partition coefficient (Wildman–Crippen LogP) is 4.35. The molecule has 0 radical (unpaired) electrons. The number of amidine groups is 1. The van der Waals surface area contributed by atoms with E-state index in [4.69, 9.17) is 10.1 Å². The third-order valence-electron chi connectivity index (χ3n) is 7.13. The molecule has 3 aromatic rings. The summed E-state index contributed by atoms with van der Waals surface area (Å²) in [6, 6.07) is 13.8. The Bertz CT molecular complexity index is 1440. The number of ether oxygens (including phenoxy) is 1. The number of phenols is 1. The van der Waals surface area contributed by atoms with Gasteiger partial charge in [-0.1, -0.05) is 19.9 Å². The van der Waals surface area contributed by atoms with E-state index >= 15 is 0 Å². The number of carbonyl (C=O) groups excluding carboxylic acids is 2. The molecule has 10 heteroatoms. The molecule has 5 rings (SSSR count). The van der Waals surface area contributed by atoms with Crippen molar-refractivity contribution in [1.29, 1.82) is 5.41 Å². The van der Waals surface area contributed by atoms with Crippen molar-refractivity contribution in [2.45, 2.75) is 38.9 Å². The quantitative estimate of drug-likeness (QED) is 0.237. The normalized spacial score (nSPS) is 17.8. The van der Waals surface area contributed by atoms with E-state index in [2.05, 4.69) is 20.9 Å². The first kappa shape index (κ1) is 26.0. The SMILES string of the molecule is COc1ncccc1-c1ccc(O)c(C2Nc3ccc(C(=O)N4CCCC4C(=O)NC(=N)C(C)C)cc3N2)c1. The van der Waals surface area contributed by atoms with Gasteiger partial charge in [-0.05, 0) is 60.9 Å². The van der Waals surface area contributed by atoms with Crippen LogP contribution in [0.3, 0.4) is 0 Å². The summed E-state index contributed by atoms with van der Waals surface area (Å²) < 4.78 is 5.40. The minimum atomic E-state index is -0.604. The van der Waals surface area contributed by atoms with Crippen molar-refractivity contribution in [3.8, 4) is 22.8 Å². The molecule has 202 valence electrons. The largest absolute Gasteiger partial charge is 0.508 e. The molecule has 0 aliphatic carbocycles. The van der Waals surface area contributed by atoms with Crippen molar-refractivity contribution in [3.05, 3.63) is 65.9 Å². The Morgan fingerprint density at radius 3 is 2.72 bits per heavy atom. The van der Waals surface area contributed by atoms with Crippen LogP contribution in [0.25, 0.3) is 11.1 Å². The van der Waals surface area contributed by atoms with Gasteiger partial charge in [-0.3, -0.25) is 15.0 Å². The van der Waals surface area contributed by atoms with Gasteiger partial charge >= 0.3 is 0 Å². The number of hydrogen-bond donors (Lipinski definition) is 5. The Morgan fingerprint density at radius 2 is 1.95 bits per heavy atom. The van der Waals surface area contributed by atoms with Crippen LogP contribution in [0.2, 0.25) is 0 Å². The minimum absolute atomic E-state index is 0.103. The van der Waals surface area contributed by atoms with Gasteiger partial charge in [-0.25, -0.2) is 4.98 Å². The van der Waals surface area contributed by atoms with Crippen molar-refractivity contribution in [1.82, 2.24) is 15.2 Å². The van der Waals surface area contributed by atoms with E-state index in [1.54, 1.807) is 36.4 Å². The van der Waals surface area contributed by atoms with Crippen LogP contribution < -0.4 is 20.7 Å². The number of carbonyl (C=O) groups is 2. The lowest BCUT2D eigenvalue weighted by molar-refractivity contribution is -0.123. The Kier molecular flexibility index (Phi) is 7.10. The van der Waals surface area contributed by atoms with Crippen LogP contribution in [0.5, 0.6) is 11.6 Å². The van der Waals surface area contributed by atoms with Crippen molar-refractivity contribution in [2.24, 2.45) is 5.92 Å². The number of phenolic OH excluding ortho intramolecular Hbond substituents is 1. The molecule has 1 aromatic heterocycles. The number of methoxy groups -OCH3 is 1. The highest BCUT2D eigenvalue weighted by molar-refractivity contribution is 6.04. The second kappa shape index (κ2) is 10.6. The number of rotatable bonds is 6. The smallest absolute Gasteiger partial charge is 0.254 e. The molecular formula is C29H32N6O4. The summed E-state index contributed by atoms with van der Waals surface area (Å²) in [6.45, 7) is 4.16. The maximum atomic E-state index is 13.4. The summed E-state index contributed by atoms with van der Waals surface area (Å²) in [4.78, 5) is 32.1. The maximum absolute atomic E-state index is 13.4. The molecule has 0 saturated carbocycles. The molecule has 2 unspecified atom stereocenters. The summed E-state index contributed by atoms with van der Waals surface area (Å²) in [6.07, 6.45) is 2.52. The van der Waals surface area contributed by atoms with Gasteiger partial charge in [0.1, 0.15) is 23.8 Å². The average Bonchev–Trinajstić information content (AvgIpc) is 3.60. The molecule has 1 fully saturated rings. The number of pyridine rings is 1. The van der Waals surface area contributed by atoms with Crippen LogP contribution >= 0.6 is 0 Å². The van der Waals surface area contributed by atoms with Crippen molar-refractivity contribution >= 4 is 29.0 Å². The molecule has 2 amide bonds. The van der Waals surface area contributed by atoms with Gasteiger partial charge in [0.15, 0.2) is 0 Å². The number of benzene rings is 2. The van der Waals surface area contributed by atoms with E-state index in [-0.39, 0.29) is 29.3 Å². The van der Waals surface area contributed by atoms with Crippen molar-refractivity contribution in [2.75, 3.05) is 24.3 Å². The highest BCUT2D eigenvalue weighted by Crippen LogP contribution is 2.41. The molecule has 2 aliphatic heterocycles. The third-order valence-corrected chi connectivity index (χ3v) is 7.13. The van der Waals surface area contributed by atoms with Crippen LogP contribution in [-0.4, -0.2) is 52.3 Å². The third kappa shape index (κ3) is 5.09. The second-order valence-electron chi connectivity index (χ2n) is 10.0. The second-order valence-corrected chi connectivity index (χ2v) is 10.0. The first-order valence-electron chi connectivity index (χ1n) is 13.0. The Hall–Kier alpha value is -4.60. The molecule has 0 spiro atoms. The number of hydrogen-bond acceptors (Lipinski definition) is 8. The lowest BCUT2D eigenvalue weighted by atomic mass is 10.0. The van der Waals surface area contributed by atoms with E-state index < -0.39 is 12.2 Å². The van der Waals surface area contributed by atoms with Gasteiger partial charge in [0.2, 0.25) is 11.8 Å². The Labute approximate surface area is 226 Å². The number of amides is 2. The number of nitrogens with zero attached hydrogens (tertiary/aromatic N) is 2. The summed E-state index contributed by atoms with van der Waals surface area (Å²) in [5.74, 6) is 0.102. The zero-order valence-electron chi connectivity index (χ0n) is 22.1. The van der Waals surface area contributed by atoms with Gasteiger partial charge < -0.3 is 30.7 Å². The number of aromatic nitrogens is 1. The van der Waals surface area contributed by atoms with E-state index in [9.17, 15) is 14.7 Å². The van der Waals surface area contributed by atoms with E-state index in [1.165, 1.54) is 0 Å². The van der Waals surface area contributed by atoms with Gasteiger partial charge in [-0.2, -0.15) is 0 Å². The highest BCUT2D eigenvalue weighted by atomic mass is 16.5. The van der Waals surface area contributed by atoms with E-state index in [1.807, 2.05) is 44.2 Å². The maximum Gasteiger partial charge on any atom is 0.254 e. The van der Waals surface area contributed by atoms with Crippen LogP contribution in [-0.2, 0) is 4.79 Å². The minimum Gasteiger partial charge on any atom is -0.508 e. The molecule has 2 atom stereocenters. The molecule has 39 heavy (non-hydrogen) atoms. The van der Waals surface area contributed by atoms with Crippen LogP contribution in [0.4, 0.5) is 11.4 Å². The number of nitrogens with one attached hydrogen (secondary N) is 4. The number of anilines is 2. The fourth-order valence-corrected chi connectivity index (χ4v) is 4.96. The molecule has 0 bridgehead atoms. The molecule has 3 heterocycles. The van der Waals surface area contributed by atoms with Gasteiger partial charge in [0, 0.05) is 35.3 Å². The fraction of sp³-hybridized carbons (Fsp3) is 0.310. The summed E-state index contributed by atoms with van der Waals surface area (Å²) >= 11 is 0. The summed E-state index contributed by atoms with van der Waals surface area (Å²) in [7, 11) is 1.57. The van der Waals surface area contributed by atoms with Gasteiger partial charge in [0.25, 0.3) is 5.91 Å². The average molecular weight is 529 g/mol. The van der Waals surface area contributed by atoms with Gasteiger partial charge in [-0.15, -0.1) is 0 Å². The fourth-order valence-electron chi connectivity index (χ4n) is 4.96. The molecule has 1 saturated heterocycles. The van der Waals surface area contributed by atoms with E-state index in [0.717, 1.165) is 28.9 Å². The van der Waals surface area contributed by atoms with Crippen LogP contribution in [0.1, 0.15) is 48.8 Å². The standard InChI is InChI=1S/C29H32N6O4/c1-16(2)25(30)34-27(37)23-7-5-13-35(23)29(38)18-8-10-21-22(15-18)33-26(32-21)20-14-17(9-11-24(20)36)19-6-4-12-31-28(19)39-3/h4,6,8-12,14-16,23,26,32-33,36H,5,7,13H2,1-3H3,(H2,30,34,37). The topological polar surface area (TPSA) is 140 Å². The van der Waals surface area contributed by atoms with Gasteiger partial charge in [0.05, 0.1) is 18.5 Å². The number of aromatic hydroxyl groups is 1. The Balaban J connectivity index is 1.34. The lowest BCUT2D eigenvalue weighted by Gasteiger charge is -2.24. The van der Waals surface area contributed by atoms with Crippen LogP contribution in [0, 0.1) is 11.3 Å². The monoisotopic (exact) mass is 528 g/mol. The molecule has 2 aliphatic rings. The lowest BCUT2D eigenvalue weighted by Crippen LogP contribution is -2.48. The Morgan fingerprint density at radius 1 is 1.15 bits per heavy atom. The zero-order valence-corrected chi connectivity index (χ0v) is 22.1. The molecular weight excluding hydrogens is 496 g/mol. The first-order chi connectivity index (χ1) is 18.8. The highest BCUT2D eigenvalue weighted by Gasteiger charge is 2.35. The molecule has 2 aromatic carbocycles. The number of likely N-dealkylation sites (tertiary alicyclic amines) is 1. The zero-order chi connectivity index (χ0) is 27.7. The summed E-state index contributed by atoms with van der Waals surface area (Å²) in [5, 5.41) is 28.0. The molecule has 10 nitrogen and oxygen atoms in total. The summed E-state index contributed by atoms with van der Waals surface area (Å²) in [5.41, 5.74) is 4.24.